The van der Waals surface area contributed by atoms with Gasteiger partial charge in [-0.05, 0) is 24.3 Å². The summed E-state index contributed by atoms with van der Waals surface area (Å²) in [5.41, 5.74) is 1.03. The standard InChI is InChI=1S/C17H19NO2/c18-10-17(11-20-12-17)16(19)15-8-6-14(7-9-15)13-4-2-1-3-5-13/h6-9,13H,1-5,11-12H2. The number of nitriles is 1. The Hall–Kier alpha value is -1.66. The van der Waals surface area contributed by atoms with Crippen molar-refractivity contribution in [2.45, 2.75) is 38.0 Å². The summed E-state index contributed by atoms with van der Waals surface area (Å²) in [4.78, 5) is 12.4. The Morgan fingerprint density at radius 2 is 1.80 bits per heavy atom. The van der Waals surface area contributed by atoms with E-state index in [9.17, 15) is 10.1 Å². The maximum atomic E-state index is 12.4. The molecule has 0 aromatic heterocycles. The second-order valence-electron chi connectivity index (χ2n) is 5.97. The summed E-state index contributed by atoms with van der Waals surface area (Å²) in [6.07, 6.45) is 6.46. The molecule has 1 aromatic carbocycles. The zero-order valence-electron chi connectivity index (χ0n) is 11.6. The molecule has 2 aliphatic rings. The minimum atomic E-state index is -0.938. The van der Waals surface area contributed by atoms with Gasteiger partial charge >= 0.3 is 0 Å². The molecule has 3 rings (SSSR count). The lowest BCUT2D eigenvalue weighted by molar-refractivity contribution is -0.0566. The van der Waals surface area contributed by atoms with Gasteiger partial charge in [0.25, 0.3) is 0 Å². The van der Waals surface area contributed by atoms with Crippen LogP contribution >= 0.6 is 0 Å². The van der Waals surface area contributed by atoms with Gasteiger partial charge in [0.05, 0.1) is 19.3 Å². The van der Waals surface area contributed by atoms with Gasteiger partial charge in [0.2, 0.25) is 0 Å². The fourth-order valence-corrected chi connectivity index (χ4v) is 3.17. The third kappa shape index (κ3) is 2.25. The van der Waals surface area contributed by atoms with Crippen molar-refractivity contribution in [3.63, 3.8) is 0 Å². The van der Waals surface area contributed by atoms with Crippen LogP contribution in [-0.2, 0) is 4.74 Å². The number of carbonyl (C=O) groups is 1. The maximum Gasteiger partial charge on any atom is 0.187 e. The number of ketones is 1. The summed E-state index contributed by atoms with van der Waals surface area (Å²) >= 11 is 0. The highest BCUT2D eigenvalue weighted by Gasteiger charge is 2.46. The summed E-state index contributed by atoms with van der Waals surface area (Å²) in [7, 11) is 0. The molecule has 0 radical (unpaired) electrons. The van der Waals surface area contributed by atoms with E-state index in [1.165, 1.54) is 37.7 Å². The highest BCUT2D eigenvalue weighted by atomic mass is 16.5. The van der Waals surface area contributed by atoms with Crippen LogP contribution in [0.4, 0.5) is 0 Å². The molecule has 0 unspecified atom stereocenters. The Morgan fingerprint density at radius 3 is 2.30 bits per heavy atom. The Morgan fingerprint density at radius 1 is 1.15 bits per heavy atom. The molecule has 1 aliphatic heterocycles. The van der Waals surface area contributed by atoms with Gasteiger partial charge in [0.15, 0.2) is 11.2 Å². The van der Waals surface area contributed by atoms with Crippen LogP contribution in [0, 0.1) is 16.7 Å². The summed E-state index contributed by atoms with van der Waals surface area (Å²) < 4.78 is 5.05. The van der Waals surface area contributed by atoms with E-state index in [0.717, 1.165) is 0 Å². The first kappa shape index (κ1) is 13.3. The second kappa shape index (κ2) is 5.38. The molecular weight excluding hydrogens is 250 g/mol. The Kier molecular flexibility index (Phi) is 3.58. The number of carbonyl (C=O) groups excluding carboxylic acids is 1. The number of nitrogens with zero attached hydrogens (tertiary/aromatic N) is 1. The number of hydrogen-bond donors (Lipinski definition) is 0. The van der Waals surface area contributed by atoms with Crippen molar-refractivity contribution in [1.82, 2.24) is 0 Å². The van der Waals surface area contributed by atoms with Gasteiger partial charge < -0.3 is 4.74 Å². The van der Waals surface area contributed by atoms with E-state index >= 15 is 0 Å². The van der Waals surface area contributed by atoms with Gasteiger partial charge in [0.1, 0.15) is 0 Å². The molecular formula is C17H19NO2. The molecule has 1 saturated heterocycles. The molecule has 0 atom stereocenters. The van der Waals surface area contributed by atoms with Gasteiger partial charge in [0, 0.05) is 5.56 Å². The lowest BCUT2D eigenvalue weighted by Gasteiger charge is -2.33. The third-order valence-electron chi connectivity index (χ3n) is 4.60. The minimum absolute atomic E-state index is 0.0959. The zero-order valence-corrected chi connectivity index (χ0v) is 11.6. The molecule has 104 valence electrons. The minimum Gasteiger partial charge on any atom is -0.377 e. The topological polar surface area (TPSA) is 50.1 Å². The average molecular weight is 269 g/mol. The van der Waals surface area contributed by atoms with Crippen molar-refractivity contribution >= 4 is 5.78 Å². The van der Waals surface area contributed by atoms with Gasteiger partial charge in [-0.1, -0.05) is 43.5 Å². The first-order valence-corrected chi connectivity index (χ1v) is 7.39. The fourth-order valence-electron chi connectivity index (χ4n) is 3.17. The largest absolute Gasteiger partial charge is 0.377 e. The van der Waals surface area contributed by atoms with Crippen molar-refractivity contribution in [3.05, 3.63) is 35.4 Å². The molecule has 3 nitrogen and oxygen atoms in total. The van der Waals surface area contributed by atoms with Crippen molar-refractivity contribution in [3.8, 4) is 6.07 Å². The zero-order chi connectivity index (χ0) is 14.0. The van der Waals surface area contributed by atoms with Crippen LogP contribution in [-0.4, -0.2) is 19.0 Å². The molecule has 0 bridgehead atoms. The van der Waals surface area contributed by atoms with Gasteiger partial charge in [-0.15, -0.1) is 0 Å². The van der Waals surface area contributed by atoms with Crippen LogP contribution < -0.4 is 0 Å². The first-order chi connectivity index (χ1) is 9.75. The van der Waals surface area contributed by atoms with Crippen molar-refractivity contribution in [2.24, 2.45) is 5.41 Å². The van der Waals surface area contributed by atoms with Crippen LogP contribution in [0.15, 0.2) is 24.3 Å². The molecule has 2 fully saturated rings. The molecule has 1 heterocycles. The Bertz CT molecular complexity index is 531. The first-order valence-electron chi connectivity index (χ1n) is 7.39. The normalized spacial score (nSPS) is 21.8. The predicted octanol–water partition coefficient (Wildman–Crippen LogP) is 3.46. The molecule has 0 spiro atoms. The van der Waals surface area contributed by atoms with Crippen molar-refractivity contribution in [1.29, 1.82) is 5.26 Å². The second-order valence-corrected chi connectivity index (χ2v) is 5.97. The number of ether oxygens (including phenoxy) is 1. The van der Waals surface area contributed by atoms with Crippen molar-refractivity contribution in [2.75, 3.05) is 13.2 Å². The highest BCUT2D eigenvalue weighted by Crippen LogP contribution is 2.34. The summed E-state index contributed by atoms with van der Waals surface area (Å²) in [5.74, 6) is 0.548. The van der Waals surface area contributed by atoms with E-state index in [1.807, 2.05) is 12.1 Å². The van der Waals surface area contributed by atoms with E-state index in [4.69, 9.17) is 4.74 Å². The molecule has 0 amide bonds. The lowest BCUT2D eigenvalue weighted by atomic mass is 9.79. The quantitative estimate of drug-likeness (QED) is 0.790. The van der Waals surface area contributed by atoms with E-state index in [2.05, 4.69) is 18.2 Å². The smallest absolute Gasteiger partial charge is 0.187 e. The monoisotopic (exact) mass is 269 g/mol. The number of rotatable bonds is 3. The number of Topliss-reactive ketones (excluding diaryl/α,β-unsaturated/α-hetero) is 1. The third-order valence-corrected chi connectivity index (χ3v) is 4.60. The Balaban J connectivity index is 1.76. The van der Waals surface area contributed by atoms with Gasteiger partial charge in [-0.2, -0.15) is 5.26 Å². The van der Waals surface area contributed by atoms with E-state index < -0.39 is 5.41 Å². The molecule has 3 heteroatoms. The molecule has 1 aliphatic carbocycles. The maximum absolute atomic E-state index is 12.4. The lowest BCUT2D eigenvalue weighted by Crippen LogP contribution is -2.47. The van der Waals surface area contributed by atoms with Crippen LogP contribution in [0.5, 0.6) is 0 Å². The van der Waals surface area contributed by atoms with E-state index in [1.54, 1.807) is 0 Å². The van der Waals surface area contributed by atoms with Gasteiger partial charge in [-0.3, -0.25) is 4.79 Å². The van der Waals surface area contributed by atoms with E-state index in [0.29, 0.717) is 11.5 Å². The number of hydrogen-bond acceptors (Lipinski definition) is 3. The number of benzene rings is 1. The Labute approximate surface area is 119 Å². The highest BCUT2D eigenvalue weighted by molar-refractivity contribution is 6.03. The van der Waals surface area contributed by atoms with Crippen LogP contribution in [0.2, 0.25) is 0 Å². The van der Waals surface area contributed by atoms with Crippen molar-refractivity contribution < 1.29 is 9.53 Å². The summed E-state index contributed by atoms with van der Waals surface area (Å²) in [6.45, 7) is 0.458. The SMILES string of the molecule is N#CC1(C(=O)c2ccc(C3CCCCC3)cc2)COC1. The molecule has 1 aromatic rings. The van der Waals surface area contributed by atoms with E-state index in [-0.39, 0.29) is 19.0 Å². The predicted molar refractivity (Wildman–Crippen MR) is 75.5 cm³/mol. The molecule has 0 N–H and O–H groups in total. The average Bonchev–Trinajstić information content (AvgIpc) is 2.48. The van der Waals surface area contributed by atoms with Gasteiger partial charge in [-0.25, -0.2) is 0 Å². The molecule has 20 heavy (non-hydrogen) atoms. The fraction of sp³-hybridized carbons (Fsp3) is 0.529. The van der Waals surface area contributed by atoms with Crippen LogP contribution in [0.1, 0.15) is 53.9 Å². The molecule has 1 saturated carbocycles. The van der Waals surface area contributed by atoms with Crippen LogP contribution in [0.25, 0.3) is 0 Å². The van der Waals surface area contributed by atoms with Crippen LogP contribution in [0.3, 0.4) is 0 Å². The summed E-state index contributed by atoms with van der Waals surface area (Å²) in [6, 6.07) is 10.0. The summed E-state index contributed by atoms with van der Waals surface area (Å²) in [5, 5.41) is 9.18.